The van der Waals surface area contributed by atoms with Crippen molar-refractivity contribution in [3.8, 4) is 5.75 Å². The smallest absolute Gasteiger partial charge is 0.224 e. The number of aromatic nitrogens is 1. The van der Waals surface area contributed by atoms with Gasteiger partial charge in [-0.1, -0.05) is 35.4 Å². The SMILES string of the molecule is COc1ccc(Cl)cc1NC(=O)CCCn1c2ccccc2c(=O)c2cc(C)ccc21. The molecule has 6 heteroatoms. The molecule has 1 aromatic heterocycles. The lowest BCUT2D eigenvalue weighted by Crippen LogP contribution is -2.15. The quantitative estimate of drug-likeness (QED) is 0.405. The minimum atomic E-state index is -0.119. The van der Waals surface area contributed by atoms with Gasteiger partial charge >= 0.3 is 0 Å². The molecule has 0 aliphatic carbocycles. The van der Waals surface area contributed by atoms with Gasteiger partial charge in [-0.15, -0.1) is 0 Å². The van der Waals surface area contributed by atoms with Gasteiger partial charge in [-0.3, -0.25) is 9.59 Å². The number of ether oxygens (including phenoxy) is 1. The van der Waals surface area contributed by atoms with Crippen LogP contribution in [0.1, 0.15) is 18.4 Å². The van der Waals surface area contributed by atoms with Gasteiger partial charge in [0.05, 0.1) is 23.8 Å². The summed E-state index contributed by atoms with van der Waals surface area (Å²) >= 11 is 6.04. The highest BCUT2D eigenvalue weighted by Crippen LogP contribution is 2.28. The number of nitrogens with one attached hydrogen (secondary N) is 1. The van der Waals surface area contributed by atoms with Crippen LogP contribution in [0, 0.1) is 6.92 Å². The second-order valence-electron chi connectivity index (χ2n) is 7.51. The van der Waals surface area contributed by atoms with Crippen molar-refractivity contribution in [2.45, 2.75) is 26.3 Å². The number of halogens is 1. The number of aryl methyl sites for hydroxylation is 2. The number of methoxy groups -OCH3 is 1. The fraction of sp³-hybridized carbons (Fsp3) is 0.200. The summed E-state index contributed by atoms with van der Waals surface area (Å²) in [6, 6.07) is 18.6. The number of rotatable bonds is 6. The first-order chi connectivity index (χ1) is 15.0. The Bertz CT molecular complexity index is 1340. The maximum Gasteiger partial charge on any atom is 0.224 e. The third-order valence-corrected chi connectivity index (χ3v) is 5.58. The molecule has 0 spiro atoms. The van der Waals surface area contributed by atoms with Crippen molar-refractivity contribution in [2.24, 2.45) is 0 Å². The Balaban J connectivity index is 1.58. The highest BCUT2D eigenvalue weighted by molar-refractivity contribution is 6.31. The first kappa shape index (κ1) is 20.9. The molecule has 0 unspecified atom stereocenters. The molecule has 3 aromatic carbocycles. The maximum absolute atomic E-state index is 13.0. The first-order valence-corrected chi connectivity index (χ1v) is 10.5. The highest BCUT2D eigenvalue weighted by atomic mass is 35.5. The average Bonchev–Trinajstić information content (AvgIpc) is 2.76. The number of carbonyl (C=O) groups is 1. The number of nitrogens with zero attached hydrogens (tertiary/aromatic N) is 1. The van der Waals surface area contributed by atoms with Crippen molar-refractivity contribution in [2.75, 3.05) is 12.4 Å². The zero-order chi connectivity index (χ0) is 22.0. The molecule has 1 amide bonds. The lowest BCUT2D eigenvalue weighted by Gasteiger charge is -2.16. The van der Waals surface area contributed by atoms with Gasteiger partial charge in [0.1, 0.15) is 5.75 Å². The zero-order valence-corrected chi connectivity index (χ0v) is 18.2. The fourth-order valence-corrected chi connectivity index (χ4v) is 4.04. The minimum Gasteiger partial charge on any atom is -0.495 e. The molecule has 0 radical (unpaired) electrons. The summed E-state index contributed by atoms with van der Waals surface area (Å²) in [6.45, 7) is 2.59. The second kappa shape index (κ2) is 8.82. The van der Waals surface area contributed by atoms with Crippen LogP contribution in [0.4, 0.5) is 5.69 Å². The number of amides is 1. The molecule has 4 aromatic rings. The van der Waals surface area contributed by atoms with Crippen molar-refractivity contribution in [1.29, 1.82) is 0 Å². The Labute approximate surface area is 185 Å². The third kappa shape index (κ3) is 4.28. The molecule has 0 bridgehead atoms. The number of carbonyl (C=O) groups excluding carboxylic acids is 1. The van der Waals surface area contributed by atoms with E-state index in [0.29, 0.717) is 46.6 Å². The minimum absolute atomic E-state index is 0.0383. The molecule has 31 heavy (non-hydrogen) atoms. The van der Waals surface area contributed by atoms with E-state index in [1.54, 1.807) is 25.3 Å². The van der Waals surface area contributed by atoms with E-state index in [-0.39, 0.29) is 11.3 Å². The average molecular weight is 435 g/mol. The lowest BCUT2D eigenvalue weighted by atomic mass is 10.1. The van der Waals surface area contributed by atoms with Gasteiger partial charge in [0, 0.05) is 28.8 Å². The highest BCUT2D eigenvalue weighted by Gasteiger charge is 2.12. The van der Waals surface area contributed by atoms with Crippen LogP contribution in [-0.4, -0.2) is 17.6 Å². The number of anilines is 1. The molecule has 1 N–H and O–H groups in total. The molecule has 0 atom stereocenters. The Hall–Kier alpha value is -3.31. The summed E-state index contributed by atoms with van der Waals surface area (Å²) in [4.78, 5) is 25.5. The van der Waals surface area contributed by atoms with Crippen molar-refractivity contribution >= 4 is 45.0 Å². The summed E-state index contributed by atoms with van der Waals surface area (Å²) in [6.07, 6.45) is 0.939. The van der Waals surface area contributed by atoms with E-state index in [1.807, 2.05) is 49.4 Å². The predicted octanol–water partition coefficient (Wildman–Crippen LogP) is 5.54. The van der Waals surface area contributed by atoms with Crippen LogP contribution in [0.5, 0.6) is 5.75 Å². The summed E-state index contributed by atoms with van der Waals surface area (Å²) in [5.41, 5.74) is 3.39. The van der Waals surface area contributed by atoms with Crippen LogP contribution in [0.15, 0.2) is 65.5 Å². The molecule has 0 aliphatic heterocycles. The van der Waals surface area contributed by atoms with E-state index in [9.17, 15) is 9.59 Å². The predicted molar refractivity (Wildman–Crippen MR) is 126 cm³/mol. The standard InChI is InChI=1S/C25H23ClN2O3/c1-16-9-11-22-19(14-16)25(30)18-6-3-4-7-21(18)28(22)13-5-8-24(29)27-20-15-17(26)10-12-23(20)31-2/h3-4,6-7,9-12,14-15H,5,8,13H2,1-2H3,(H,27,29). The van der Waals surface area contributed by atoms with E-state index in [4.69, 9.17) is 16.3 Å². The molecular formula is C25H23ClN2O3. The van der Waals surface area contributed by atoms with Gasteiger partial charge in [0.15, 0.2) is 5.43 Å². The maximum atomic E-state index is 13.0. The number of hydrogen-bond acceptors (Lipinski definition) is 3. The summed E-state index contributed by atoms with van der Waals surface area (Å²) in [5.74, 6) is 0.441. The first-order valence-electron chi connectivity index (χ1n) is 10.1. The number of pyridine rings is 1. The van der Waals surface area contributed by atoms with Crippen molar-refractivity contribution < 1.29 is 9.53 Å². The summed E-state index contributed by atoms with van der Waals surface area (Å²) in [7, 11) is 1.55. The van der Waals surface area contributed by atoms with E-state index >= 15 is 0 Å². The Morgan fingerprint density at radius 2 is 1.81 bits per heavy atom. The fourth-order valence-electron chi connectivity index (χ4n) is 3.87. The van der Waals surface area contributed by atoms with E-state index in [1.165, 1.54) is 0 Å². The normalized spacial score (nSPS) is 11.1. The van der Waals surface area contributed by atoms with Crippen LogP contribution in [0.2, 0.25) is 5.02 Å². The number of hydrogen-bond donors (Lipinski definition) is 1. The molecule has 158 valence electrons. The van der Waals surface area contributed by atoms with Gasteiger partial charge < -0.3 is 14.6 Å². The van der Waals surface area contributed by atoms with Crippen LogP contribution in [0.3, 0.4) is 0 Å². The summed E-state index contributed by atoms with van der Waals surface area (Å²) in [5, 5.41) is 4.79. The summed E-state index contributed by atoms with van der Waals surface area (Å²) < 4.78 is 7.41. The van der Waals surface area contributed by atoms with Crippen molar-refractivity contribution in [1.82, 2.24) is 4.57 Å². The van der Waals surface area contributed by atoms with E-state index < -0.39 is 0 Å². The topological polar surface area (TPSA) is 60.3 Å². The van der Waals surface area contributed by atoms with Crippen molar-refractivity contribution in [3.63, 3.8) is 0 Å². The van der Waals surface area contributed by atoms with Gasteiger partial charge in [-0.05, 0) is 55.8 Å². The molecule has 5 nitrogen and oxygen atoms in total. The number of para-hydroxylation sites is 1. The molecule has 0 saturated carbocycles. The van der Waals surface area contributed by atoms with Crippen LogP contribution < -0.4 is 15.5 Å². The second-order valence-corrected chi connectivity index (χ2v) is 7.95. The molecular weight excluding hydrogens is 412 g/mol. The molecule has 4 rings (SSSR count). The Morgan fingerprint density at radius 1 is 1.03 bits per heavy atom. The van der Waals surface area contributed by atoms with Crippen LogP contribution in [0.25, 0.3) is 21.8 Å². The lowest BCUT2D eigenvalue weighted by molar-refractivity contribution is -0.116. The van der Waals surface area contributed by atoms with Crippen LogP contribution >= 0.6 is 11.6 Å². The van der Waals surface area contributed by atoms with E-state index in [0.717, 1.165) is 16.6 Å². The zero-order valence-electron chi connectivity index (χ0n) is 17.4. The van der Waals surface area contributed by atoms with Gasteiger partial charge in [0.2, 0.25) is 5.91 Å². The number of fused-ring (bicyclic) bond motifs is 2. The third-order valence-electron chi connectivity index (χ3n) is 5.35. The van der Waals surface area contributed by atoms with Crippen LogP contribution in [-0.2, 0) is 11.3 Å². The van der Waals surface area contributed by atoms with Gasteiger partial charge in [-0.25, -0.2) is 0 Å². The largest absolute Gasteiger partial charge is 0.495 e. The van der Waals surface area contributed by atoms with Crippen molar-refractivity contribution in [3.05, 3.63) is 81.5 Å². The molecule has 0 aliphatic rings. The van der Waals surface area contributed by atoms with Gasteiger partial charge in [0.25, 0.3) is 0 Å². The van der Waals surface area contributed by atoms with Gasteiger partial charge in [-0.2, -0.15) is 0 Å². The Kier molecular flexibility index (Phi) is 5.96. The molecule has 0 fully saturated rings. The van der Waals surface area contributed by atoms with E-state index in [2.05, 4.69) is 9.88 Å². The molecule has 1 heterocycles. The molecule has 0 saturated heterocycles. The Morgan fingerprint density at radius 3 is 2.61 bits per heavy atom. The monoisotopic (exact) mass is 434 g/mol. The number of benzene rings is 3.